The van der Waals surface area contributed by atoms with Gasteiger partial charge in [0.25, 0.3) is 11.5 Å². The summed E-state index contributed by atoms with van der Waals surface area (Å²) in [5, 5.41) is 1.83. The summed E-state index contributed by atoms with van der Waals surface area (Å²) in [5.74, 6) is -0.0855. The fourth-order valence-electron chi connectivity index (χ4n) is 3.58. The predicted octanol–water partition coefficient (Wildman–Crippen LogP) is 4.78. The van der Waals surface area contributed by atoms with Crippen LogP contribution in [-0.4, -0.2) is 22.5 Å². The molecule has 0 bridgehead atoms. The second kappa shape index (κ2) is 7.59. The van der Waals surface area contributed by atoms with Crippen LogP contribution < -0.4 is 10.5 Å². The van der Waals surface area contributed by atoms with E-state index >= 15 is 0 Å². The fourth-order valence-corrected chi connectivity index (χ4v) is 3.58. The third-order valence-electron chi connectivity index (χ3n) is 5.11. The summed E-state index contributed by atoms with van der Waals surface area (Å²) in [7, 11) is 1.74. The lowest BCUT2D eigenvalue weighted by Gasteiger charge is -2.17. The molecule has 2 aromatic heterocycles. The number of aryl methyl sites for hydroxylation is 1. The van der Waals surface area contributed by atoms with Gasteiger partial charge in [-0.2, -0.15) is 0 Å². The number of aromatic nitrogens is 2. The van der Waals surface area contributed by atoms with Crippen molar-refractivity contribution >= 4 is 33.4 Å². The Kier molecular flexibility index (Phi) is 4.96. The maximum absolute atomic E-state index is 12.9. The second-order valence-electron chi connectivity index (χ2n) is 7.73. The molecule has 1 amide bonds. The average molecular weight is 397 g/mol. The molecule has 0 spiro atoms. The van der Waals surface area contributed by atoms with E-state index in [4.69, 9.17) is 0 Å². The smallest absolute Gasteiger partial charge is 0.255 e. The first-order valence-corrected chi connectivity index (χ1v) is 9.79. The van der Waals surface area contributed by atoms with Gasteiger partial charge in [0.15, 0.2) is 0 Å². The molecule has 0 fully saturated rings. The quantitative estimate of drug-likeness (QED) is 0.369. The molecule has 150 valence electrons. The summed E-state index contributed by atoms with van der Waals surface area (Å²) in [6.07, 6.45) is 3.40. The molecule has 0 aliphatic rings. The zero-order chi connectivity index (χ0) is 21.4. The van der Waals surface area contributed by atoms with Gasteiger partial charge in [-0.3, -0.25) is 19.1 Å². The van der Waals surface area contributed by atoms with Crippen molar-refractivity contribution in [3.05, 3.63) is 88.4 Å². The van der Waals surface area contributed by atoms with Gasteiger partial charge in [-0.1, -0.05) is 17.2 Å². The number of amides is 1. The molecule has 5 nitrogen and oxygen atoms in total. The molecule has 2 aromatic carbocycles. The number of nitrogens with zero attached hydrogens (tertiary/aromatic N) is 3. The number of carbonyl (C=O) groups is 1. The maximum Gasteiger partial charge on any atom is 0.255 e. The van der Waals surface area contributed by atoms with E-state index in [1.165, 1.54) is 0 Å². The first-order valence-electron chi connectivity index (χ1n) is 9.79. The zero-order valence-corrected chi connectivity index (χ0v) is 17.5. The van der Waals surface area contributed by atoms with Crippen molar-refractivity contribution in [1.29, 1.82) is 0 Å². The molecule has 0 aliphatic carbocycles. The molecule has 30 heavy (non-hydrogen) atoms. The van der Waals surface area contributed by atoms with E-state index in [0.717, 1.165) is 44.3 Å². The number of pyridine rings is 2. The predicted molar refractivity (Wildman–Crippen MR) is 122 cm³/mol. The highest BCUT2D eigenvalue weighted by Gasteiger charge is 2.12. The molecule has 0 saturated carbocycles. The van der Waals surface area contributed by atoms with Gasteiger partial charge >= 0.3 is 0 Å². The van der Waals surface area contributed by atoms with Crippen molar-refractivity contribution in [1.82, 2.24) is 9.55 Å². The Bertz CT molecular complexity index is 1360. The summed E-state index contributed by atoms with van der Waals surface area (Å²) >= 11 is 0. The molecule has 0 radical (unpaired) electrons. The topological polar surface area (TPSA) is 55.2 Å². The monoisotopic (exact) mass is 397 g/mol. The van der Waals surface area contributed by atoms with Crippen molar-refractivity contribution in [2.24, 2.45) is 0 Å². The summed E-state index contributed by atoms with van der Waals surface area (Å²) in [6.45, 7) is 5.81. The highest BCUT2D eigenvalue weighted by atomic mass is 16.2. The molecule has 4 aromatic rings. The maximum atomic E-state index is 12.9. The lowest BCUT2D eigenvalue weighted by molar-refractivity contribution is -0.113. The molecule has 5 heteroatoms. The SMILES string of the molecule is CC(C)=CC(=O)N(C)c1ccc(-n2c(=O)ccc3cnc4ccc(C)cc4c32)cc1. The Balaban J connectivity index is 1.88. The lowest BCUT2D eigenvalue weighted by Crippen LogP contribution is -2.24. The van der Waals surface area contributed by atoms with Crippen molar-refractivity contribution in [3.63, 3.8) is 0 Å². The van der Waals surface area contributed by atoms with Crippen molar-refractivity contribution in [2.45, 2.75) is 20.8 Å². The van der Waals surface area contributed by atoms with Crippen LogP contribution in [0, 0.1) is 6.92 Å². The fraction of sp³-hybridized carbons (Fsp3) is 0.160. The van der Waals surface area contributed by atoms with Gasteiger partial charge in [0, 0.05) is 47.5 Å². The number of likely N-dealkylation sites (N-methyl/N-ethyl adjacent to an activating group) is 1. The molecule has 0 saturated heterocycles. The van der Waals surface area contributed by atoms with Gasteiger partial charge in [0.05, 0.1) is 11.0 Å². The number of benzene rings is 2. The second-order valence-corrected chi connectivity index (χ2v) is 7.73. The molecule has 0 unspecified atom stereocenters. The van der Waals surface area contributed by atoms with E-state index in [-0.39, 0.29) is 11.5 Å². The third-order valence-corrected chi connectivity index (χ3v) is 5.11. The van der Waals surface area contributed by atoms with Gasteiger partial charge in [-0.05, 0) is 63.2 Å². The number of anilines is 1. The van der Waals surface area contributed by atoms with Crippen LogP contribution in [0.5, 0.6) is 0 Å². The summed E-state index contributed by atoms with van der Waals surface area (Å²) < 4.78 is 1.71. The van der Waals surface area contributed by atoms with E-state index in [1.807, 2.05) is 63.2 Å². The van der Waals surface area contributed by atoms with Gasteiger partial charge in [-0.15, -0.1) is 0 Å². The molecular formula is C25H23N3O2. The van der Waals surface area contributed by atoms with Gasteiger partial charge in [-0.25, -0.2) is 0 Å². The summed E-state index contributed by atoms with van der Waals surface area (Å²) in [5.41, 5.74) is 5.12. The van der Waals surface area contributed by atoms with Crippen molar-refractivity contribution in [2.75, 3.05) is 11.9 Å². The minimum atomic E-state index is -0.113. The Labute approximate surface area is 174 Å². The Morgan fingerprint density at radius 1 is 1.03 bits per heavy atom. The van der Waals surface area contributed by atoms with Crippen LogP contribution in [0.4, 0.5) is 5.69 Å². The van der Waals surface area contributed by atoms with Gasteiger partial charge in [0.2, 0.25) is 0 Å². The number of fused-ring (bicyclic) bond motifs is 3. The lowest BCUT2D eigenvalue weighted by atomic mass is 10.1. The molecule has 4 rings (SSSR count). The van der Waals surface area contributed by atoms with Crippen LogP contribution in [0.15, 0.2) is 77.2 Å². The van der Waals surface area contributed by atoms with Gasteiger partial charge in [0.1, 0.15) is 0 Å². The minimum Gasteiger partial charge on any atom is -0.312 e. The van der Waals surface area contributed by atoms with Crippen molar-refractivity contribution in [3.8, 4) is 5.69 Å². The van der Waals surface area contributed by atoms with Crippen LogP contribution in [0.1, 0.15) is 19.4 Å². The number of hydrogen-bond donors (Lipinski definition) is 0. The first kappa shape index (κ1) is 19.6. The molecule has 2 heterocycles. The van der Waals surface area contributed by atoms with Crippen LogP contribution in [-0.2, 0) is 4.79 Å². The van der Waals surface area contributed by atoms with E-state index in [9.17, 15) is 9.59 Å². The first-order chi connectivity index (χ1) is 14.3. The molecule has 0 atom stereocenters. The Morgan fingerprint density at radius 3 is 2.47 bits per heavy atom. The molecule has 0 aliphatic heterocycles. The van der Waals surface area contributed by atoms with Crippen LogP contribution in [0.25, 0.3) is 27.5 Å². The average Bonchev–Trinajstić information content (AvgIpc) is 2.72. The molecule has 0 N–H and O–H groups in total. The number of carbonyl (C=O) groups excluding carboxylic acids is 1. The highest BCUT2D eigenvalue weighted by Crippen LogP contribution is 2.26. The van der Waals surface area contributed by atoms with E-state index < -0.39 is 0 Å². The number of hydrogen-bond acceptors (Lipinski definition) is 3. The van der Waals surface area contributed by atoms with E-state index in [2.05, 4.69) is 11.1 Å². The van der Waals surface area contributed by atoms with Crippen LogP contribution >= 0.6 is 0 Å². The Morgan fingerprint density at radius 2 is 1.77 bits per heavy atom. The third kappa shape index (κ3) is 3.50. The largest absolute Gasteiger partial charge is 0.312 e. The normalized spacial score (nSPS) is 10.9. The van der Waals surface area contributed by atoms with Gasteiger partial charge < -0.3 is 4.90 Å². The van der Waals surface area contributed by atoms with E-state index in [0.29, 0.717) is 0 Å². The number of allylic oxidation sites excluding steroid dienone is 1. The van der Waals surface area contributed by atoms with E-state index in [1.54, 1.807) is 34.9 Å². The highest BCUT2D eigenvalue weighted by molar-refractivity contribution is 6.04. The zero-order valence-electron chi connectivity index (χ0n) is 17.5. The van der Waals surface area contributed by atoms with Crippen LogP contribution in [0.3, 0.4) is 0 Å². The van der Waals surface area contributed by atoms with Crippen molar-refractivity contribution < 1.29 is 4.79 Å². The standard InChI is InChI=1S/C25H23N3O2/c1-16(2)13-24(30)27(4)19-7-9-20(10-8-19)28-23(29)12-6-18-15-26-22-11-5-17(3)14-21(22)25(18)28/h5-15H,1-4H3. The van der Waals surface area contributed by atoms with Crippen LogP contribution in [0.2, 0.25) is 0 Å². The Hall–Kier alpha value is -3.73. The molecular weight excluding hydrogens is 374 g/mol. The summed E-state index contributed by atoms with van der Waals surface area (Å²) in [4.78, 5) is 31.3. The number of rotatable bonds is 3. The summed E-state index contributed by atoms with van der Waals surface area (Å²) in [6, 6.07) is 16.8. The minimum absolute atomic E-state index is 0.0855.